The fraction of sp³-hybridized carbons (Fsp3) is 0.833. The van der Waals surface area contributed by atoms with Crippen LogP contribution in [0.25, 0.3) is 0 Å². The highest BCUT2D eigenvalue weighted by Crippen LogP contribution is 2.06. The minimum absolute atomic E-state index is 0.431. The van der Waals surface area contributed by atoms with Gasteiger partial charge in [-0.15, -0.1) is 0 Å². The summed E-state index contributed by atoms with van der Waals surface area (Å²) in [4.78, 5) is 0. The van der Waals surface area contributed by atoms with Crippen LogP contribution in [0.5, 0.6) is 0 Å². The average Bonchev–Trinajstić information content (AvgIpc) is 1.65. The lowest BCUT2D eigenvalue weighted by Crippen LogP contribution is -2.08. The fourth-order valence-corrected chi connectivity index (χ4v) is 0.408. The van der Waals surface area contributed by atoms with Crippen molar-refractivity contribution in [3.63, 3.8) is 0 Å². The molecule has 0 saturated heterocycles. The lowest BCUT2D eigenvalue weighted by atomic mass is 10.1. The predicted molar refractivity (Wildman–Crippen MR) is 29.4 cm³/mol. The van der Waals surface area contributed by atoms with Gasteiger partial charge in [0.15, 0.2) is 0 Å². The van der Waals surface area contributed by atoms with Crippen molar-refractivity contribution in [3.8, 4) is 0 Å². The summed E-state index contributed by atoms with van der Waals surface area (Å²) < 4.78 is 0. The lowest BCUT2D eigenvalue weighted by Gasteiger charge is -2.05. The van der Waals surface area contributed by atoms with Crippen molar-refractivity contribution < 1.29 is 5.11 Å². The van der Waals surface area contributed by atoms with E-state index < -0.39 is 6.10 Å². The zero-order chi connectivity index (χ0) is 5.86. The van der Waals surface area contributed by atoms with Crippen molar-refractivity contribution in [2.75, 3.05) is 0 Å². The van der Waals surface area contributed by atoms with E-state index in [4.69, 9.17) is 0 Å². The Kier molecular flexibility index (Phi) is 3.01. The maximum absolute atomic E-state index is 10.6. The Labute approximate surface area is 45.4 Å². The molecule has 1 heteroatoms. The lowest BCUT2D eigenvalue weighted by molar-refractivity contribution is 0.0983. The Balaban J connectivity index is 3.14. The highest BCUT2D eigenvalue weighted by Gasteiger charge is 2.06. The molecule has 1 nitrogen and oxygen atoms in total. The zero-order valence-electron chi connectivity index (χ0n) is 5.19. The van der Waals surface area contributed by atoms with Gasteiger partial charge in [-0.05, 0) is 6.42 Å². The van der Waals surface area contributed by atoms with Gasteiger partial charge < -0.3 is 0 Å². The first-order chi connectivity index (χ1) is 3.18. The van der Waals surface area contributed by atoms with Gasteiger partial charge in [-0.2, -0.15) is 0 Å². The van der Waals surface area contributed by atoms with Crippen LogP contribution < -0.4 is 0 Å². The van der Waals surface area contributed by atoms with Gasteiger partial charge in [0.1, 0.15) is 0 Å². The standard InChI is InChI=1S/C6H12O/c1-4-6(7)5(2)3/h6H,4H2,1-3H3. The smallest absolute Gasteiger partial charge is 0.0984 e. The molecule has 0 bridgehead atoms. The summed E-state index contributed by atoms with van der Waals surface area (Å²) in [6, 6.07) is 0. The van der Waals surface area contributed by atoms with Crippen LogP contribution in [0.4, 0.5) is 0 Å². The molecule has 0 heterocycles. The molecule has 0 fully saturated rings. The third kappa shape index (κ3) is 2.63. The Bertz CT molecular complexity index is 41.4. The molecule has 0 aromatic rings. The van der Waals surface area contributed by atoms with Gasteiger partial charge in [0.2, 0.25) is 0 Å². The third-order valence-electron chi connectivity index (χ3n) is 1.01. The van der Waals surface area contributed by atoms with Gasteiger partial charge in [-0.3, -0.25) is 0 Å². The van der Waals surface area contributed by atoms with E-state index in [0.29, 0.717) is 0 Å². The number of hydrogen-bond acceptors (Lipinski definition) is 0. The minimum Gasteiger partial charge on any atom is -0.233 e. The molecule has 0 aliphatic heterocycles. The Morgan fingerprint density at radius 3 is 2.00 bits per heavy atom. The van der Waals surface area contributed by atoms with E-state index in [9.17, 15) is 5.11 Å². The van der Waals surface area contributed by atoms with Gasteiger partial charge in [-0.25, -0.2) is 5.11 Å². The van der Waals surface area contributed by atoms with Crippen LogP contribution in [0.3, 0.4) is 0 Å². The van der Waals surface area contributed by atoms with Crippen LogP contribution in [0.2, 0.25) is 0 Å². The van der Waals surface area contributed by atoms with Crippen LogP contribution in [0.1, 0.15) is 27.2 Å². The summed E-state index contributed by atoms with van der Waals surface area (Å²) in [6.45, 7) is 5.66. The van der Waals surface area contributed by atoms with Crippen molar-refractivity contribution >= 4 is 0 Å². The van der Waals surface area contributed by atoms with Crippen LogP contribution >= 0.6 is 0 Å². The molecule has 0 aromatic heterocycles. The monoisotopic (exact) mass is 100 g/mol. The van der Waals surface area contributed by atoms with Crippen molar-refractivity contribution in [1.29, 1.82) is 0 Å². The van der Waals surface area contributed by atoms with Gasteiger partial charge in [-0.1, -0.05) is 20.8 Å². The number of rotatable bonds is 2. The van der Waals surface area contributed by atoms with E-state index in [0.717, 1.165) is 12.3 Å². The molecule has 0 aliphatic rings. The van der Waals surface area contributed by atoms with Crippen molar-refractivity contribution in [3.05, 3.63) is 5.92 Å². The van der Waals surface area contributed by atoms with E-state index in [1.54, 1.807) is 0 Å². The number of hydrogen-bond donors (Lipinski definition) is 0. The maximum atomic E-state index is 10.6. The van der Waals surface area contributed by atoms with Crippen LogP contribution in [0.15, 0.2) is 0 Å². The molecule has 0 rings (SSSR count). The average molecular weight is 100 g/mol. The minimum atomic E-state index is -0.431. The van der Waals surface area contributed by atoms with Gasteiger partial charge in [0, 0.05) is 5.92 Å². The zero-order valence-corrected chi connectivity index (χ0v) is 5.19. The second-order valence-corrected chi connectivity index (χ2v) is 1.97. The molecule has 2 radical (unpaired) electrons. The highest BCUT2D eigenvalue weighted by atomic mass is 16.3. The summed E-state index contributed by atoms with van der Waals surface area (Å²) in [7, 11) is 0. The van der Waals surface area contributed by atoms with E-state index >= 15 is 0 Å². The summed E-state index contributed by atoms with van der Waals surface area (Å²) in [6.07, 6.45) is 0.294. The molecule has 0 amide bonds. The SMILES string of the molecule is CCC([O])[C](C)C. The molecular formula is C6H12O. The Morgan fingerprint density at radius 1 is 1.57 bits per heavy atom. The van der Waals surface area contributed by atoms with E-state index in [1.165, 1.54) is 0 Å². The fourth-order valence-electron chi connectivity index (χ4n) is 0.408. The van der Waals surface area contributed by atoms with E-state index in [-0.39, 0.29) is 0 Å². The van der Waals surface area contributed by atoms with Crippen molar-refractivity contribution in [1.82, 2.24) is 0 Å². The van der Waals surface area contributed by atoms with Gasteiger partial charge in [0.25, 0.3) is 0 Å². The topological polar surface area (TPSA) is 19.9 Å². The Hall–Kier alpha value is -0.0400. The first kappa shape index (κ1) is 6.96. The molecular weight excluding hydrogens is 88.1 g/mol. The first-order valence-electron chi connectivity index (χ1n) is 2.64. The summed E-state index contributed by atoms with van der Waals surface area (Å²) >= 11 is 0. The molecule has 1 atom stereocenters. The Morgan fingerprint density at radius 2 is 2.00 bits per heavy atom. The molecule has 7 heavy (non-hydrogen) atoms. The van der Waals surface area contributed by atoms with E-state index in [1.807, 2.05) is 20.8 Å². The van der Waals surface area contributed by atoms with Crippen LogP contribution in [-0.4, -0.2) is 6.10 Å². The van der Waals surface area contributed by atoms with Gasteiger partial charge >= 0.3 is 0 Å². The predicted octanol–water partition coefficient (Wildman–Crippen LogP) is 1.81. The maximum Gasteiger partial charge on any atom is 0.0984 e. The van der Waals surface area contributed by atoms with E-state index in [2.05, 4.69) is 0 Å². The van der Waals surface area contributed by atoms with Gasteiger partial charge in [0.05, 0.1) is 6.10 Å². The van der Waals surface area contributed by atoms with Crippen LogP contribution in [0, 0.1) is 5.92 Å². The molecule has 42 valence electrons. The molecule has 0 aliphatic carbocycles. The third-order valence-corrected chi connectivity index (χ3v) is 1.01. The normalized spacial score (nSPS) is 15.0. The molecule has 1 unspecified atom stereocenters. The summed E-state index contributed by atoms with van der Waals surface area (Å²) in [5.74, 6) is 0.988. The van der Waals surface area contributed by atoms with Crippen molar-refractivity contribution in [2.45, 2.75) is 33.3 Å². The summed E-state index contributed by atoms with van der Waals surface area (Å²) in [5.41, 5.74) is 0. The van der Waals surface area contributed by atoms with Crippen molar-refractivity contribution in [2.24, 2.45) is 0 Å². The molecule has 0 aromatic carbocycles. The second-order valence-electron chi connectivity index (χ2n) is 1.97. The molecule has 0 saturated carbocycles. The summed E-state index contributed by atoms with van der Waals surface area (Å²) in [5, 5.41) is 10.6. The quantitative estimate of drug-likeness (QED) is 0.504. The second kappa shape index (κ2) is 3.03. The van der Waals surface area contributed by atoms with Crippen LogP contribution in [-0.2, 0) is 5.11 Å². The molecule has 0 spiro atoms. The highest BCUT2D eigenvalue weighted by molar-refractivity contribution is 4.84. The first-order valence-corrected chi connectivity index (χ1v) is 2.64. The molecule has 0 N–H and O–H groups in total. The largest absolute Gasteiger partial charge is 0.233 e.